The van der Waals surface area contributed by atoms with Crippen LogP contribution in [-0.2, 0) is 19.4 Å². The van der Waals surface area contributed by atoms with Crippen molar-refractivity contribution in [3.8, 4) is 0 Å². The maximum Gasteiger partial charge on any atom is 0.274 e. The molecule has 0 radical (unpaired) electrons. The van der Waals surface area contributed by atoms with Crippen LogP contribution >= 0.6 is 11.6 Å². The predicted molar refractivity (Wildman–Crippen MR) is 94.1 cm³/mol. The fourth-order valence-electron chi connectivity index (χ4n) is 3.19. The number of aryl methyl sites for hydroxylation is 1. The monoisotopic (exact) mass is 346 g/mol. The first-order valence-corrected chi connectivity index (χ1v) is 8.72. The van der Waals surface area contributed by atoms with Crippen molar-refractivity contribution in [3.05, 3.63) is 51.9 Å². The Balaban J connectivity index is 1.70. The molecule has 24 heavy (non-hydrogen) atoms. The number of carbonyl (C=O) groups excluding carboxylic acids is 1. The fraction of sp³-hybridized carbons (Fsp3) is 0.474. The Morgan fingerprint density at radius 1 is 1.33 bits per heavy atom. The minimum absolute atomic E-state index is 0.176. The number of halogens is 1. The van der Waals surface area contributed by atoms with Crippen molar-refractivity contribution in [1.82, 2.24) is 10.5 Å². The molecule has 1 heterocycles. The first kappa shape index (κ1) is 17.0. The number of rotatable bonds is 3. The molecular formula is C19H23ClN2O2. The Kier molecular flexibility index (Phi) is 4.68. The zero-order valence-electron chi connectivity index (χ0n) is 14.4. The molecule has 1 aliphatic rings. The van der Waals surface area contributed by atoms with E-state index in [1.54, 1.807) is 0 Å². The summed E-state index contributed by atoms with van der Waals surface area (Å²) in [4.78, 5) is 12.5. The Morgan fingerprint density at radius 2 is 2.04 bits per heavy atom. The number of hydrogen-bond donors (Lipinski definition) is 1. The molecule has 0 saturated carbocycles. The zero-order valence-corrected chi connectivity index (χ0v) is 15.1. The van der Waals surface area contributed by atoms with Gasteiger partial charge >= 0.3 is 0 Å². The van der Waals surface area contributed by atoms with Gasteiger partial charge in [-0.3, -0.25) is 4.79 Å². The molecule has 1 amide bonds. The van der Waals surface area contributed by atoms with Gasteiger partial charge in [0.1, 0.15) is 5.76 Å². The highest BCUT2D eigenvalue weighted by atomic mass is 35.5. The second-order valence-electron chi connectivity index (χ2n) is 7.55. The normalized spacial score (nSPS) is 17.4. The number of benzene rings is 1. The van der Waals surface area contributed by atoms with Crippen LogP contribution in [0.15, 0.2) is 28.8 Å². The molecule has 128 valence electrons. The van der Waals surface area contributed by atoms with Crippen molar-refractivity contribution < 1.29 is 9.32 Å². The number of carbonyl (C=O) groups is 1. The second kappa shape index (κ2) is 6.60. The quantitative estimate of drug-likeness (QED) is 0.895. The lowest BCUT2D eigenvalue weighted by Gasteiger charge is -2.33. The molecule has 3 rings (SSSR count). The van der Waals surface area contributed by atoms with Gasteiger partial charge in [0.15, 0.2) is 5.69 Å². The molecule has 1 aliphatic carbocycles. The van der Waals surface area contributed by atoms with Gasteiger partial charge < -0.3 is 9.84 Å². The average Bonchev–Trinajstić information content (AvgIpc) is 2.96. The van der Waals surface area contributed by atoms with E-state index in [2.05, 4.69) is 31.2 Å². The van der Waals surface area contributed by atoms with Gasteiger partial charge in [-0.05, 0) is 41.9 Å². The molecule has 1 unspecified atom stereocenters. The molecule has 0 spiro atoms. The molecule has 1 aromatic carbocycles. The van der Waals surface area contributed by atoms with E-state index in [9.17, 15) is 4.79 Å². The van der Waals surface area contributed by atoms with Crippen molar-refractivity contribution in [3.63, 3.8) is 0 Å². The highest BCUT2D eigenvalue weighted by Crippen LogP contribution is 2.38. The van der Waals surface area contributed by atoms with E-state index in [4.69, 9.17) is 16.1 Å². The van der Waals surface area contributed by atoms with E-state index >= 15 is 0 Å². The van der Waals surface area contributed by atoms with Crippen molar-refractivity contribution in [2.75, 3.05) is 0 Å². The minimum atomic E-state index is -0.176. The highest BCUT2D eigenvalue weighted by Gasteiger charge is 2.34. The van der Waals surface area contributed by atoms with Gasteiger partial charge in [0.05, 0.1) is 0 Å². The summed E-state index contributed by atoms with van der Waals surface area (Å²) in [6.07, 6.45) is 2.79. The second-order valence-corrected chi connectivity index (χ2v) is 7.98. The van der Waals surface area contributed by atoms with Crippen LogP contribution in [0.1, 0.15) is 54.6 Å². The molecule has 4 nitrogen and oxygen atoms in total. The van der Waals surface area contributed by atoms with Gasteiger partial charge in [-0.2, -0.15) is 0 Å². The number of nitrogens with one attached hydrogen (secondary N) is 1. The molecule has 0 bridgehead atoms. The molecule has 0 saturated heterocycles. The zero-order chi connectivity index (χ0) is 17.3. The molecule has 5 heteroatoms. The highest BCUT2D eigenvalue weighted by molar-refractivity contribution is 6.30. The summed E-state index contributed by atoms with van der Waals surface area (Å²) in [5.74, 6) is 1.23. The summed E-state index contributed by atoms with van der Waals surface area (Å²) in [5, 5.41) is 7.64. The van der Waals surface area contributed by atoms with Crippen molar-refractivity contribution >= 4 is 17.5 Å². The van der Waals surface area contributed by atoms with E-state index in [-0.39, 0.29) is 11.3 Å². The number of hydrogen-bond acceptors (Lipinski definition) is 3. The van der Waals surface area contributed by atoms with E-state index < -0.39 is 0 Å². The van der Waals surface area contributed by atoms with Crippen LogP contribution in [-0.4, -0.2) is 11.1 Å². The third-order valence-electron chi connectivity index (χ3n) is 4.85. The Hall–Kier alpha value is -1.81. The number of aromatic nitrogens is 1. The Bertz CT molecular complexity index is 729. The smallest absolute Gasteiger partial charge is 0.274 e. The van der Waals surface area contributed by atoms with Gasteiger partial charge in [-0.25, -0.2) is 0 Å². The topological polar surface area (TPSA) is 55.1 Å². The van der Waals surface area contributed by atoms with E-state index in [0.29, 0.717) is 23.2 Å². The fourth-order valence-corrected chi connectivity index (χ4v) is 3.32. The molecular weight excluding hydrogens is 324 g/mol. The van der Waals surface area contributed by atoms with Crippen LogP contribution in [0.2, 0.25) is 5.02 Å². The van der Waals surface area contributed by atoms with E-state index in [0.717, 1.165) is 36.1 Å². The van der Waals surface area contributed by atoms with Crippen LogP contribution in [0.25, 0.3) is 0 Å². The minimum Gasteiger partial charge on any atom is -0.360 e. The standard InChI is InChI=1S/C19H23ClN2O2/c1-19(2,3)13-6-9-16-15(10-13)17(22-24-16)18(23)21-11-12-4-7-14(20)8-5-12/h4-5,7-8,13H,6,9-11H2,1-3H3,(H,21,23). The van der Waals surface area contributed by atoms with Crippen LogP contribution in [0, 0.1) is 11.3 Å². The SMILES string of the molecule is CC(C)(C)C1CCc2onc(C(=O)NCc3ccc(Cl)cc3)c2C1. The van der Waals surface area contributed by atoms with Crippen LogP contribution in [0.4, 0.5) is 0 Å². The molecule has 1 N–H and O–H groups in total. The third-order valence-corrected chi connectivity index (χ3v) is 5.10. The first-order valence-electron chi connectivity index (χ1n) is 8.34. The van der Waals surface area contributed by atoms with Crippen molar-refractivity contribution in [2.24, 2.45) is 11.3 Å². The maximum atomic E-state index is 12.5. The summed E-state index contributed by atoms with van der Waals surface area (Å²) >= 11 is 5.88. The third kappa shape index (κ3) is 3.64. The number of amides is 1. The summed E-state index contributed by atoms with van der Waals surface area (Å²) in [5.41, 5.74) is 2.63. The van der Waals surface area contributed by atoms with Crippen molar-refractivity contribution in [1.29, 1.82) is 0 Å². The van der Waals surface area contributed by atoms with Gasteiger partial charge in [0.2, 0.25) is 0 Å². The van der Waals surface area contributed by atoms with Crippen molar-refractivity contribution in [2.45, 2.75) is 46.6 Å². The van der Waals surface area contributed by atoms with Gasteiger partial charge in [0.25, 0.3) is 5.91 Å². The summed E-state index contributed by atoms with van der Waals surface area (Å²) in [7, 11) is 0. The largest absolute Gasteiger partial charge is 0.360 e. The number of fused-ring (bicyclic) bond motifs is 1. The van der Waals surface area contributed by atoms with E-state index in [1.807, 2.05) is 24.3 Å². The molecule has 0 aliphatic heterocycles. The van der Waals surface area contributed by atoms with Crippen LogP contribution in [0.3, 0.4) is 0 Å². The van der Waals surface area contributed by atoms with Crippen LogP contribution < -0.4 is 5.32 Å². The van der Waals surface area contributed by atoms with Gasteiger partial charge in [-0.15, -0.1) is 0 Å². The molecule has 1 atom stereocenters. The predicted octanol–water partition coefficient (Wildman–Crippen LogP) is 4.41. The summed E-state index contributed by atoms with van der Waals surface area (Å²) in [6.45, 7) is 7.18. The lowest BCUT2D eigenvalue weighted by atomic mass is 9.71. The molecule has 2 aromatic rings. The lowest BCUT2D eigenvalue weighted by molar-refractivity contribution is 0.0940. The number of nitrogens with zero attached hydrogens (tertiary/aromatic N) is 1. The summed E-state index contributed by atoms with van der Waals surface area (Å²) < 4.78 is 5.41. The lowest BCUT2D eigenvalue weighted by Crippen LogP contribution is -2.29. The Labute approximate surface area is 147 Å². The maximum absolute atomic E-state index is 12.5. The van der Waals surface area contributed by atoms with Crippen LogP contribution in [0.5, 0.6) is 0 Å². The van der Waals surface area contributed by atoms with E-state index in [1.165, 1.54) is 0 Å². The van der Waals surface area contributed by atoms with Gasteiger partial charge in [-0.1, -0.05) is 49.7 Å². The molecule has 0 fully saturated rings. The average molecular weight is 347 g/mol. The molecule has 1 aromatic heterocycles. The van der Waals surface area contributed by atoms with Gasteiger partial charge in [0, 0.05) is 23.6 Å². The Morgan fingerprint density at radius 3 is 2.71 bits per heavy atom. The first-order chi connectivity index (χ1) is 11.3. The summed E-state index contributed by atoms with van der Waals surface area (Å²) in [6, 6.07) is 7.43.